The van der Waals surface area contributed by atoms with Crippen LogP contribution in [0.25, 0.3) is 0 Å². The van der Waals surface area contributed by atoms with E-state index in [9.17, 15) is 19.2 Å². The Kier molecular flexibility index (Phi) is 3.22. The molecule has 6 rings (SSSR count). The van der Waals surface area contributed by atoms with Crippen LogP contribution in [0, 0.1) is 46.3 Å². The first-order valence-corrected chi connectivity index (χ1v) is 10.8. The number of methoxy groups -OCH3 is 2. The predicted octanol–water partition coefficient (Wildman–Crippen LogP) is 1.21. The molecule has 8 bridgehead atoms. The molecule has 6 aliphatic rings. The van der Waals surface area contributed by atoms with Crippen molar-refractivity contribution in [3.05, 3.63) is 0 Å². The Bertz CT molecular complexity index is 704. The molecule has 6 fully saturated rings. The fraction of sp³-hybridized carbons (Fsp3) is 0.765. The standard InChI is InChI=1S/C17H16I2O6/c1-24-14(22)16-3-17(15(23)25-2)7-5(8(16)12(20)11(7)19)4-6(16)10(18)13(21)9(4)17/h4-11H,3H2,1-2H3/t4-,5-,6-,7-,8-,9+,10+,11-,16+,17+/m1/s1. The van der Waals surface area contributed by atoms with E-state index in [4.69, 9.17) is 9.47 Å². The number of carbonyl (C=O) groups excluding carboxylic acids is 4. The summed E-state index contributed by atoms with van der Waals surface area (Å²) in [7, 11) is 2.65. The summed E-state index contributed by atoms with van der Waals surface area (Å²) < 4.78 is 9.58. The average molecular weight is 570 g/mol. The molecule has 0 aliphatic heterocycles. The average Bonchev–Trinajstić information content (AvgIpc) is 3.15. The third kappa shape index (κ3) is 1.39. The molecule has 0 spiro atoms. The number of halogens is 2. The number of hydrogen-bond donors (Lipinski definition) is 0. The first-order valence-electron chi connectivity index (χ1n) is 8.33. The van der Waals surface area contributed by atoms with Gasteiger partial charge in [-0.05, 0) is 30.1 Å². The Morgan fingerprint density at radius 3 is 1.56 bits per heavy atom. The van der Waals surface area contributed by atoms with E-state index in [1.807, 2.05) is 0 Å². The zero-order chi connectivity index (χ0) is 18.0. The van der Waals surface area contributed by atoms with Crippen molar-refractivity contribution in [1.29, 1.82) is 0 Å². The second kappa shape index (κ2) is 4.77. The van der Waals surface area contributed by atoms with E-state index >= 15 is 0 Å². The maximum Gasteiger partial charge on any atom is 0.312 e. The van der Waals surface area contributed by atoms with Gasteiger partial charge in [-0.25, -0.2) is 0 Å². The van der Waals surface area contributed by atoms with Crippen molar-refractivity contribution in [1.82, 2.24) is 0 Å². The maximum atomic E-state index is 13.1. The molecule has 6 saturated carbocycles. The Morgan fingerprint density at radius 1 is 0.880 bits per heavy atom. The van der Waals surface area contributed by atoms with Gasteiger partial charge in [0.05, 0.1) is 32.9 Å². The number of carbonyl (C=O) groups is 4. The van der Waals surface area contributed by atoms with Crippen molar-refractivity contribution in [2.75, 3.05) is 14.2 Å². The van der Waals surface area contributed by atoms with Crippen LogP contribution >= 0.6 is 45.2 Å². The summed E-state index contributed by atoms with van der Waals surface area (Å²) in [4.78, 5) is 52.2. The molecule has 8 heteroatoms. The highest BCUT2D eigenvalue weighted by Crippen LogP contribution is 2.85. The lowest BCUT2D eigenvalue weighted by Gasteiger charge is -2.48. The summed E-state index contributed by atoms with van der Waals surface area (Å²) in [6.07, 6.45) is 0.216. The second-order valence-electron chi connectivity index (χ2n) is 8.01. The number of alkyl halides is 2. The van der Waals surface area contributed by atoms with Crippen molar-refractivity contribution >= 4 is 68.7 Å². The highest BCUT2D eigenvalue weighted by molar-refractivity contribution is 14.1. The van der Waals surface area contributed by atoms with Crippen LogP contribution in [0.15, 0.2) is 0 Å². The summed E-state index contributed by atoms with van der Waals surface area (Å²) in [6, 6.07) is 0. The van der Waals surface area contributed by atoms with E-state index in [0.717, 1.165) is 0 Å². The molecule has 0 amide bonds. The summed E-state index contributed by atoms with van der Waals surface area (Å²) in [5.41, 5.74) is -2.11. The number of rotatable bonds is 2. The molecule has 6 aliphatic carbocycles. The Hall–Kier alpha value is -0.260. The van der Waals surface area contributed by atoms with E-state index in [-0.39, 0.29) is 49.5 Å². The van der Waals surface area contributed by atoms with Gasteiger partial charge in [0.15, 0.2) is 11.6 Å². The van der Waals surface area contributed by atoms with Gasteiger partial charge in [-0.15, -0.1) is 0 Å². The first-order chi connectivity index (χ1) is 11.8. The zero-order valence-corrected chi connectivity index (χ0v) is 17.8. The van der Waals surface area contributed by atoms with Crippen LogP contribution in [0.3, 0.4) is 0 Å². The van der Waals surface area contributed by atoms with Crippen molar-refractivity contribution in [3.8, 4) is 0 Å². The fourth-order valence-electron chi connectivity index (χ4n) is 7.61. The van der Waals surface area contributed by atoms with E-state index in [1.54, 1.807) is 0 Å². The number of ether oxygens (including phenoxy) is 2. The summed E-state index contributed by atoms with van der Waals surface area (Å²) >= 11 is 4.22. The highest BCUT2D eigenvalue weighted by Gasteiger charge is 2.92. The minimum absolute atomic E-state index is 0.0516. The van der Waals surface area contributed by atoms with Crippen molar-refractivity contribution in [2.45, 2.75) is 14.3 Å². The van der Waals surface area contributed by atoms with E-state index in [2.05, 4.69) is 45.2 Å². The zero-order valence-electron chi connectivity index (χ0n) is 13.5. The second-order valence-corrected chi connectivity index (χ2v) is 10.7. The van der Waals surface area contributed by atoms with E-state index in [0.29, 0.717) is 0 Å². The van der Waals surface area contributed by atoms with Crippen molar-refractivity contribution < 1.29 is 28.7 Å². The Morgan fingerprint density at radius 2 is 1.24 bits per heavy atom. The normalized spacial score (nSPS) is 56.6. The quantitative estimate of drug-likeness (QED) is 0.282. The molecule has 0 aromatic rings. The molecule has 134 valence electrons. The molecule has 0 unspecified atom stereocenters. The van der Waals surface area contributed by atoms with Crippen LogP contribution in [0.5, 0.6) is 0 Å². The summed E-state index contributed by atoms with van der Waals surface area (Å²) in [6.45, 7) is 0. The fourth-order valence-corrected chi connectivity index (χ4v) is 10.6. The third-order valence-corrected chi connectivity index (χ3v) is 10.6. The number of hydrogen-bond acceptors (Lipinski definition) is 6. The minimum atomic E-state index is -1.06. The maximum absolute atomic E-state index is 13.1. The molecule has 6 nitrogen and oxygen atoms in total. The molecule has 0 aromatic heterocycles. The van der Waals surface area contributed by atoms with Gasteiger partial charge in [0.2, 0.25) is 0 Å². The molecule has 0 saturated heterocycles. The molecule has 10 atom stereocenters. The lowest BCUT2D eigenvalue weighted by Crippen LogP contribution is -2.56. The van der Waals surface area contributed by atoms with Gasteiger partial charge in [0, 0.05) is 11.8 Å². The Labute approximate surface area is 171 Å². The smallest absolute Gasteiger partial charge is 0.312 e. The van der Waals surface area contributed by atoms with Crippen LogP contribution in [-0.2, 0) is 28.7 Å². The molecule has 0 radical (unpaired) electrons. The topological polar surface area (TPSA) is 86.7 Å². The SMILES string of the molecule is COC(=O)[C@@]12C[C@]3(C(=O)OC)[C@@H]4[C@@H]([C@@H]5[C@@H]1[C@@H](I)C(=O)[C@@H]53)[C@H]2C(=O)[C@H]4I. The monoisotopic (exact) mass is 570 g/mol. The third-order valence-electron chi connectivity index (χ3n) is 7.85. The van der Waals surface area contributed by atoms with E-state index in [1.165, 1.54) is 14.2 Å². The predicted molar refractivity (Wildman–Crippen MR) is 100 cm³/mol. The van der Waals surface area contributed by atoms with Gasteiger partial charge in [-0.2, -0.15) is 0 Å². The van der Waals surface area contributed by atoms with Crippen LogP contribution < -0.4 is 0 Å². The van der Waals surface area contributed by atoms with Gasteiger partial charge < -0.3 is 9.47 Å². The number of ketones is 2. The first kappa shape index (κ1) is 16.9. The number of Topliss-reactive ketones (excluding diaryl/α,β-unsaturated/α-hetero) is 2. The molecular weight excluding hydrogens is 554 g/mol. The van der Waals surface area contributed by atoms with E-state index < -0.39 is 34.6 Å². The van der Waals surface area contributed by atoms with Crippen LogP contribution in [-0.4, -0.2) is 45.6 Å². The summed E-state index contributed by atoms with van der Waals surface area (Å²) in [5, 5.41) is 0. The van der Waals surface area contributed by atoms with Crippen LogP contribution in [0.1, 0.15) is 6.42 Å². The van der Waals surface area contributed by atoms with Gasteiger partial charge >= 0.3 is 11.9 Å². The lowest BCUT2D eigenvalue weighted by atomic mass is 9.53. The molecular formula is C17H16I2O6. The molecule has 25 heavy (non-hydrogen) atoms. The highest BCUT2D eigenvalue weighted by atomic mass is 127. The van der Waals surface area contributed by atoms with Gasteiger partial charge in [-0.3, -0.25) is 19.2 Å². The molecule has 0 N–H and O–H groups in total. The molecule has 0 heterocycles. The van der Waals surface area contributed by atoms with Crippen LogP contribution in [0.2, 0.25) is 0 Å². The Balaban J connectivity index is 1.85. The largest absolute Gasteiger partial charge is 0.469 e. The van der Waals surface area contributed by atoms with Gasteiger partial charge in [0.1, 0.15) is 0 Å². The van der Waals surface area contributed by atoms with Crippen LogP contribution in [0.4, 0.5) is 0 Å². The number of esters is 2. The molecule has 0 aromatic carbocycles. The van der Waals surface area contributed by atoms with Gasteiger partial charge in [-0.1, -0.05) is 45.2 Å². The summed E-state index contributed by atoms with van der Waals surface area (Å²) in [5.74, 6) is -2.19. The van der Waals surface area contributed by atoms with Crippen molar-refractivity contribution in [3.63, 3.8) is 0 Å². The van der Waals surface area contributed by atoms with Crippen molar-refractivity contribution in [2.24, 2.45) is 46.3 Å². The minimum Gasteiger partial charge on any atom is -0.469 e. The van der Waals surface area contributed by atoms with Gasteiger partial charge in [0.25, 0.3) is 0 Å². The lowest BCUT2D eigenvalue weighted by molar-refractivity contribution is -0.180.